The maximum absolute atomic E-state index is 14.3. The van der Waals surface area contributed by atoms with E-state index in [1.54, 1.807) is 12.2 Å². The topological polar surface area (TPSA) is 52.0 Å². The average molecular weight is 412 g/mol. The van der Waals surface area contributed by atoms with E-state index < -0.39 is 34.5 Å². The zero-order valence-corrected chi connectivity index (χ0v) is 16.6. The summed E-state index contributed by atoms with van der Waals surface area (Å²) in [5, 5.41) is 0. The van der Waals surface area contributed by atoms with Gasteiger partial charge in [0.25, 0.3) is 5.92 Å². The quantitative estimate of drug-likeness (QED) is 0.547. The van der Waals surface area contributed by atoms with Gasteiger partial charge in [0.05, 0.1) is 11.6 Å². The third-order valence-corrected chi connectivity index (χ3v) is 5.36. The highest BCUT2D eigenvalue weighted by molar-refractivity contribution is 7.90. The van der Waals surface area contributed by atoms with Crippen molar-refractivity contribution in [2.24, 2.45) is 0 Å². The molecule has 0 spiro atoms. The van der Waals surface area contributed by atoms with Gasteiger partial charge in [0, 0.05) is 30.5 Å². The first-order valence-electron chi connectivity index (χ1n) is 8.71. The summed E-state index contributed by atoms with van der Waals surface area (Å²) in [6.45, 7) is 4.34. The van der Waals surface area contributed by atoms with Gasteiger partial charge in [-0.2, -0.15) is 8.78 Å². The van der Waals surface area contributed by atoms with E-state index in [1.807, 2.05) is 13.0 Å². The summed E-state index contributed by atoms with van der Waals surface area (Å²) in [7, 11) is -3.38. The smallest absolute Gasteiger partial charge is 0.293 e. The highest BCUT2D eigenvalue weighted by Crippen LogP contribution is 2.34. The Morgan fingerprint density at radius 2 is 1.93 bits per heavy atom. The Morgan fingerprint density at radius 1 is 1.29 bits per heavy atom. The minimum atomic E-state index is -3.41. The summed E-state index contributed by atoms with van der Waals surface area (Å²) in [4.78, 5) is 4.24. The Morgan fingerprint density at radius 3 is 2.43 bits per heavy atom. The maximum Gasteiger partial charge on any atom is 0.293 e. The van der Waals surface area contributed by atoms with Crippen LogP contribution in [0.3, 0.4) is 0 Å². The second kappa shape index (κ2) is 8.77. The lowest BCUT2D eigenvalue weighted by molar-refractivity contribution is -0.0228. The Bertz CT molecular complexity index is 948. The molecule has 152 valence electrons. The van der Waals surface area contributed by atoms with Gasteiger partial charge in [0.2, 0.25) is 0 Å². The summed E-state index contributed by atoms with van der Waals surface area (Å²) in [6, 6.07) is 5.87. The van der Waals surface area contributed by atoms with Crippen molar-refractivity contribution in [1.82, 2.24) is 9.55 Å². The van der Waals surface area contributed by atoms with Gasteiger partial charge in [-0.15, -0.1) is 6.58 Å². The average Bonchev–Trinajstić information content (AvgIpc) is 3.07. The van der Waals surface area contributed by atoms with Crippen LogP contribution in [-0.2, 0) is 15.8 Å². The number of hydrogen-bond acceptors (Lipinski definition) is 3. The molecule has 8 heteroatoms. The molecule has 0 aliphatic carbocycles. The van der Waals surface area contributed by atoms with Crippen molar-refractivity contribution in [3.63, 3.8) is 0 Å². The number of rotatable bonds is 9. The van der Waals surface area contributed by atoms with Gasteiger partial charge in [-0.1, -0.05) is 18.2 Å². The number of sulfone groups is 1. The highest BCUT2D eigenvalue weighted by atomic mass is 32.2. The molecule has 0 saturated carbocycles. The first-order valence-corrected chi connectivity index (χ1v) is 10.6. The molecule has 0 aliphatic rings. The second-order valence-electron chi connectivity index (χ2n) is 6.42. The van der Waals surface area contributed by atoms with Gasteiger partial charge in [0.1, 0.15) is 11.5 Å². The Labute approximate surface area is 163 Å². The first kappa shape index (κ1) is 21.9. The van der Waals surface area contributed by atoms with Crippen molar-refractivity contribution >= 4 is 9.84 Å². The molecule has 0 bridgehead atoms. The standard InChI is InChI=1S/C20H23F3N2O2S/c1-4-6-15(7-5-2)19-24-18(20(22,23)12-13-21)14-25(19)16-8-10-17(11-9-16)28(3,26)27/h4-5,7-11,14-15H,1,6,12-13H2,2-3H3/b7-5-. The van der Waals surface area contributed by atoms with E-state index in [2.05, 4.69) is 11.6 Å². The minimum absolute atomic E-state index is 0.122. The molecule has 0 aliphatic heterocycles. The van der Waals surface area contributed by atoms with Crippen LogP contribution in [0, 0.1) is 0 Å². The molecule has 2 rings (SSSR count). The van der Waals surface area contributed by atoms with Crippen molar-refractivity contribution < 1.29 is 21.6 Å². The molecule has 1 heterocycles. The zero-order chi connectivity index (χ0) is 20.9. The molecule has 0 amide bonds. The number of benzene rings is 1. The van der Waals surface area contributed by atoms with E-state index in [-0.39, 0.29) is 10.8 Å². The van der Waals surface area contributed by atoms with Crippen molar-refractivity contribution in [3.8, 4) is 5.69 Å². The third kappa shape index (κ3) is 4.92. The SMILES string of the molecule is C=CCC(/C=C\C)c1nc(C(F)(F)CCF)cn1-c1ccc(S(C)(=O)=O)cc1. The number of imidazole rings is 1. The van der Waals surface area contributed by atoms with Crippen molar-refractivity contribution in [2.75, 3.05) is 12.9 Å². The third-order valence-electron chi connectivity index (χ3n) is 4.24. The van der Waals surface area contributed by atoms with Crippen molar-refractivity contribution in [1.29, 1.82) is 0 Å². The van der Waals surface area contributed by atoms with Crippen LogP contribution in [0.1, 0.15) is 37.2 Å². The van der Waals surface area contributed by atoms with E-state index in [1.165, 1.54) is 35.0 Å². The minimum Gasteiger partial charge on any atom is -0.303 e. The number of halogens is 3. The molecular weight excluding hydrogens is 389 g/mol. The maximum atomic E-state index is 14.3. The molecule has 0 radical (unpaired) electrons. The summed E-state index contributed by atoms with van der Waals surface area (Å²) in [6.07, 6.45) is 7.06. The molecule has 0 fully saturated rings. The van der Waals surface area contributed by atoms with Gasteiger partial charge in [0.15, 0.2) is 9.84 Å². The lowest BCUT2D eigenvalue weighted by atomic mass is 10.0. The Hall–Kier alpha value is -2.35. The van der Waals surface area contributed by atoms with E-state index >= 15 is 0 Å². The van der Waals surface area contributed by atoms with E-state index in [9.17, 15) is 21.6 Å². The molecule has 1 aromatic carbocycles. The highest BCUT2D eigenvalue weighted by Gasteiger charge is 2.35. The molecular formula is C20H23F3N2O2S. The monoisotopic (exact) mass is 412 g/mol. The van der Waals surface area contributed by atoms with Gasteiger partial charge < -0.3 is 4.57 Å². The molecule has 1 unspecified atom stereocenters. The number of alkyl halides is 3. The summed E-state index contributed by atoms with van der Waals surface area (Å²) in [5.74, 6) is -3.37. The first-order chi connectivity index (χ1) is 13.1. The fourth-order valence-corrected chi connectivity index (χ4v) is 3.45. The van der Waals surface area contributed by atoms with Crippen LogP contribution >= 0.6 is 0 Å². The zero-order valence-electron chi connectivity index (χ0n) is 15.8. The Balaban J connectivity index is 2.63. The van der Waals surface area contributed by atoms with Gasteiger partial charge in [-0.3, -0.25) is 4.39 Å². The molecule has 0 N–H and O–H groups in total. The fourth-order valence-electron chi connectivity index (χ4n) is 2.82. The fraction of sp³-hybridized carbons (Fsp3) is 0.350. The number of aromatic nitrogens is 2. The second-order valence-corrected chi connectivity index (χ2v) is 8.44. The van der Waals surface area contributed by atoms with Gasteiger partial charge in [-0.25, -0.2) is 13.4 Å². The molecule has 4 nitrogen and oxygen atoms in total. The van der Waals surface area contributed by atoms with Crippen molar-refractivity contribution in [3.05, 3.63) is 66.8 Å². The molecule has 0 saturated heterocycles. The van der Waals surface area contributed by atoms with Gasteiger partial charge in [-0.05, 0) is 37.6 Å². The van der Waals surface area contributed by atoms with Crippen molar-refractivity contribution in [2.45, 2.75) is 36.5 Å². The van der Waals surface area contributed by atoms with Crippen LogP contribution in [0.5, 0.6) is 0 Å². The normalized spacial score (nSPS) is 13.8. The van der Waals surface area contributed by atoms with E-state index in [0.29, 0.717) is 17.9 Å². The summed E-state index contributed by atoms with van der Waals surface area (Å²) >= 11 is 0. The van der Waals surface area contributed by atoms with Crippen LogP contribution in [0.2, 0.25) is 0 Å². The van der Waals surface area contributed by atoms with Crippen LogP contribution in [0.15, 0.2) is 60.2 Å². The van der Waals surface area contributed by atoms with Crippen LogP contribution in [0.4, 0.5) is 13.2 Å². The summed E-state index contributed by atoms with van der Waals surface area (Å²) in [5.41, 5.74) is -0.0401. The lowest BCUT2D eigenvalue weighted by Gasteiger charge is -2.14. The largest absolute Gasteiger partial charge is 0.303 e. The van der Waals surface area contributed by atoms with Gasteiger partial charge >= 0.3 is 0 Å². The van der Waals surface area contributed by atoms with Crippen LogP contribution in [0.25, 0.3) is 5.69 Å². The van der Waals surface area contributed by atoms with Crippen LogP contribution < -0.4 is 0 Å². The predicted octanol–water partition coefficient (Wildman–Crippen LogP) is 4.96. The predicted molar refractivity (Wildman–Crippen MR) is 104 cm³/mol. The van der Waals surface area contributed by atoms with E-state index in [4.69, 9.17) is 0 Å². The lowest BCUT2D eigenvalue weighted by Crippen LogP contribution is -2.15. The van der Waals surface area contributed by atoms with E-state index in [0.717, 1.165) is 6.26 Å². The molecule has 1 aromatic heterocycles. The summed E-state index contributed by atoms with van der Waals surface area (Å²) < 4.78 is 65.9. The van der Waals surface area contributed by atoms with Crippen LogP contribution in [-0.4, -0.2) is 30.9 Å². The Kier molecular flexibility index (Phi) is 6.87. The molecule has 28 heavy (non-hydrogen) atoms. The number of nitrogens with zero attached hydrogens (tertiary/aromatic N) is 2. The molecule has 1 atom stereocenters. The molecule has 2 aromatic rings. The number of hydrogen-bond donors (Lipinski definition) is 0. The number of allylic oxidation sites excluding steroid dienone is 3.